The summed E-state index contributed by atoms with van der Waals surface area (Å²) >= 11 is 0. The molecule has 0 atom stereocenters. The second-order valence-electron chi connectivity index (χ2n) is 0.984. The van der Waals surface area contributed by atoms with Gasteiger partial charge in [0.1, 0.15) is 0 Å². The quantitative estimate of drug-likeness (QED) is 0.366. The summed E-state index contributed by atoms with van der Waals surface area (Å²) in [6.07, 6.45) is 6.88. The Labute approximate surface area is 44.1 Å². The molecule has 0 saturated carbocycles. The van der Waals surface area contributed by atoms with E-state index in [1.807, 2.05) is 6.92 Å². The van der Waals surface area contributed by atoms with Crippen LogP contribution in [0, 0.1) is 0 Å². The molecule has 0 fully saturated rings. The second-order valence-corrected chi connectivity index (χ2v) is 0.984. The molecule has 1 heteroatoms. The molecule has 0 spiro atoms. The largest absolute Gasteiger partial charge is 0.269 e. The van der Waals surface area contributed by atoms with Crippen LogP contribution < -0.4 is 0 Å². The van der Waals surface area contributed by atoms with Gasteiger partial charge in [0.25, 0.3) is 0 Å². The Morgan fingerprint density at radius 1 is 1.57 bits per heavy atom. The minimum atomic E-state index is 1.69. The van der Waals surface area contributed by atoms with Crippen LogP contribution in [0.25, 0.3) is 0 Å². The number of hydrogen-bond donors (Lipinski definition) is 0. The Morgan fingerprint density at radius 3 is 2.71 bits per heavy atom. The van der Waals surface area contributed by atoms with Crippen LogP contribution in [0.4, 0.5) is 0 Å². The summed E-state index contributed by atoms with van der Waals surface area (Å²) in [4.78, 5) is 3.78. The van der Waals surface area contributed by atoms with Gasteiger partial charge < -0.3 is 0 Å². The zero-order chi connectivity index (χ0) is 5.54. The number of nitrogens with zero attached hydrogens (tertiary/aromatic N) is 1. The standard InChI is InChI=1S/C6H9N/c1-3-5-6-7-4-2/h3-6H,1H2,2H3/b6-5+,7-4?. The Bertz CT molecular complexity index is 90.4. The maximum atomic E-state index is 3.78. The van der Waals surface area contributed by atoms with Crippen molar-refractivity contribution in [2.75, 3.05) is 0 Å². The van der Waals surface area contributed by atoms with Crippen LogP contribution in [0.3, 0.4) is 0 Å². The lowest BCUT2D eigenvalue weighted by Gasteiger charge is -1.66. The summed E-state index contributed by atoms with van der Waals surface area (Å²) in [5.74, 6) is 0. The third-order valence-electron chi connectivity index (χ3n) is 0.457. The van der Waals surface area contributed by atoms with Crippen LogP contribution in [0.1, 0.15) is 6.92 Å². The SMILES string of the molecule is C=C/C=C/N=CC. The van der Waals surface area contributed by atoms with E-state index in [0.717, 1.165) is 0 Å². The van der Waals surface area contributed by atoms with Crippen LogP contribution in [0.15, 0.2) is 29.9 Å². The highest BCUT2D eigenvalue weighted by atomic mass is 14.6. The molecule has 0 unspecified atom stereocenters. The van der Waals surface area contributed by atoms with Gasteiger partial charge in [0.15, 0.2) is 0 Å². The molecule has 0 radical (unpaired) electrons. The van der Waals surface area contributed by atoms with Crippen molar-refractivity contribution in [2.24, 2.45) is 4.99 Å². The third-order valence-corrected chi connectivity index (χ3v) is 0.457. The van der Waals surface area contributed by atoms with Gasteiger partial charge in [-0.1, -0.05) is 12.7 Å². The molecule has 38 valence electrons. The first-order chi connectivity index (χ1) is 3.41. The first-order valence-electron chi connectivity index (χ1n) is 2.17. The first kappa shape index (κ1) is 6.15. The fourth-order valence-electron chi connectivity index (χ4n) is 0.197. The topological polar surface area (TPSA) is 12.4 Å². The van der Waals surface area contributed by atoms with Gasteiger partial charge in [-0.3, -0.25) is 4.99 Å². The molecule has 0 aliphatic heterocycles. The summed E-state index contributed by atoms with van der Waals surface area (Å²) in [6, 6.07) is 0. The van der Waals surface area contributed by atoms with E-state index in [1.165, 1.54) is 0 Å². The van der Waals surface area contributed by atoms with E-state index in [9.17, 15) is 0 Å². The predicted octanol–water partition coefficient (Wildman–Crippen LogP) is 1.78. The average Bonchev–Trinajstić information content (AvgIpc) is 1.69. The van der Waals surface area contributed by atoms with E-state index >= 15 is 0 Å². The second kappa shape index (κ2) is 5.15. The number of allylic oxidation sites excluding steroid dienone is 2. The zero-order valence-electron chi connectivity index (χ0n) is 4.46. The molecule has 0 aromatic rings. The molecule has 0 rings (SSSR count). The molecule has 0 aliphatic carbocycles. The maximum absolute atomic E-state index is 3.78. The van der Waals surface area contributed by atoms with E-state index in [0.29, 0.717) is 0 Å². The summed E-state index contributed by atoms with van der Waals surface area (Å²) < 4.78 is 0. The van der Waals surface area contributed by atoms with Gasteiger partial charge in [-0.2, -0.15) is 0 Å². The average molecular weight is 95.1 g/mol. The summed E-state index contributed by atoms with van der Waals surface area (Å²) in [5.41, 5.74) is 0. The van der Waals surface area contributed by atoms with E-state index in [1.54, 1.807) is 24.6 Å². The summed E-state index contributed by atoms with van der Waals surface area (Å²) in [7, 11) is 0. The van der Waals surface area contributed by atoms with Crippen molar-refractivity contribution in [2.45, 2.75) is 6.92 Å². The lowest BCUT2D eigenvalue weighted by Crippen LogP contribution is -1.51. The van der Waals surface area contributed by atoms with Crippen LogP contribution in [-0.4, -0.2) is 6.21 Å². The van der Waals surface area contributed by atoms with Gasteiger partial charge in [0.2, 0.25) is 0 Å². The highest BCUT2D eigenvalue weighted by Crippen LogP contribution is 1.71. The molecule has 0 N–H and O–H groups in total. The zero-order valence-corrected chi connectivity index (χ0v) is 4.46. The number of hydrogen-bond acceptors (Lipinski definition) is 1. The first-order valence-corrected chi connectivity index (χ1v) is 2.17. The third kappa shape index (κ3) is 5.15. The smallest absolute Gasteiger partial charge is 0.0263 e. The van der Waals surface area contributed by atoms with Crippen molar-refractivity contribution in [1.82, 2.24) is 0 Å². The monoisotopic (exact) mass is 95.1 g/mol. The van der Waals surface area contributed by atoms with Crippen LogP contribution in [-0.2, 0) is 0 Å². The predicted molar refractivity (Wildman–Crippen MR) is 33.5 cm³/mol. The summed E-state index contributed by atoms with van der Waals surface area (Å²) in [5, 5.41) is 0. The lowest BCUT2D eigenvalue weighted by atomic mass is 10.6. The van der Waals surface area contributed by atoms with E-state index in [4.69, 9.17) is 0 Å². The molecular formula is C6H9N. The fraction of sp³-hybridized carbons (Fsp3) is 0.167. The van der Waals surface area contributed by atoms with Crippen molar-refractivity contribution >= 4 is 6.21 Å². The van der Waals surface area contributed by atoms with Gasteiger partial charge in [-0.15, -0.1) is 0 Å². The van der Waals surface area contributed by atoms with Gasteiger partial charge in [0.05, 0.1) is 0 Å². The van der Waals surface area contributed by atoms with E-state index < -0.39 is 0 Å². The van der Waals surface area contributed by atoms with Gasteiger partial charge in [-0.05, 0) is 13.0 Å². The molecule has 0 amide bonds. The van der Waals surface area contributed by atoms with Crippen molar-refractivity contribution < 1.29 is 0 Å². The minimum absolute atomic E-state index is 1.69. The van der Waals surface area contributed by atoms with Gasteiger partial charge in [0, 0.05) is 12.4 Å². The Morgan fingerprint density at radius 2 is 2.29 bits per heavy atom. The maximum Gasteiger partial charge on any atom is 0.0263 e. The van der Waals surface area contributed by atoms with Gasteiger partial charge in [-0.25, -0.2) is 0 Å². The number of aliphatic imine (C=N–C) groups is 1. The van der Waals surface area contributed by atoms with E-state index in [2.05, 4.69) is 11.6 Å². The highest BCUT2D eigenvalue weighted by Gasteiger charge is 1.51. The molecule has 1 nitrogen and oxygen atoms in total. The lowest BCUT2D eigenvalue weighted by molar-refractivity contribution is 1.58. The van der Waals surface area contributed by atoms with Gasteiger partial charge >= 0.3 is 0 Å². The highest BCUT2D eigenvalue weighted by molar-refractivity contribution is 5.54. The molecule has 7 heavy (non-hydrogen) atoms. The van der Waals surface area contributed by atoms with Crippen molar-refractivity contribution in [3.63, 3.8) is 0 Å². The minimum Gasteiger partial charge on any atom is -0.269 e. The normalized spacial score (nSPS) is 11.0. The van der Waals surface area contributed by atoms with Crippen LogP contribution >= 0.6 is 0 Å². The molecule has 0 aromatic carbocycles. The molecule has 0 bridgehead atoms. The summed E-state index contributed by atoms with van der Waals surface area (Å²) in [6.45, 7) is 5.34. The fourth-order valence-corrected chi connectivity index (χ4v) is 0.197. The molecule has 0 saturated heterocycles. The molecule has 0 heterocycles. The molecule has 0 aliphatic rings. The van der Waals surface area contributed by atoms with Crippen molar-refractivity contribution in [1.29, 1.82) is 0 Å². The molecule has 0 aromatic heterocycles. The number of rotatable bonds is 2. The van der Waals surface area contributed by atoms with Crippen molar-refractivity contribution in [3.8, 4) is 0 Å². The van der Waals surface area contributed by atoms with Crippen LogP contribution in [0.5, 0.6) is 0 Å². The Kier molecular flexibility index (Phi) is 4.52. The van der Waals surface area contributed by atoms with Crippen LogP contribution in [0.2, 0.25) is 0 Å². The molecular weight excluding hydrogens is 86.1 g/mol. The Balaban J connectivity index is 3.27. The Hall–Kier alpha value is -0.850. The van der Waals surface area contributed by atoms with Crippen molar-refractivity contribution in [3.05, 3.63) is 24.9 Å². The van der Waals surface area contributed by atoms with E-state index in [-0.39, 0.29) is 0 Å².